The van der Waals surface area contributed by atoms with E-state index in [1.165, 1.54) is 17.8 Å². The number of carbonyl (C=O) groups is 1. The number of rotatable bonds is 5. The van der Waals surface area contributed by atoms with Gasteiger partial charge in [-0.2, -0.15) is 0 Å². The van der Waals surface area contributed by atoms with Crippen LogP contribution in [0.1, 0.15) is 31.7 Å². The molecule has 0 radical (unpaired) electrons. The number of ether oxygens (including phenoxy) is 1. The minimum absolute atomic E-state index is 0.431. The molecule has 0 spiro atoms. The Morgan fingerprint density at radius 1 is 1.57 bits per heavy atom. The Kier molecular flexibility index (Phi) is 9.53. The van der Waals surface area contributed by atoms with Gasteiger partial charge in [0.15, 0.2) is 0 Å². The van der Waals surface area contributed by atoms with Crippen molar-refractivity contribution in [1.82, 2.24) is 4.98 Å². The summed E-state index contributed by atoms with van der Waals surface area (Å²) in [5.41, 5.74) is 0. The van der Waals surface area contributed by atoms with E-state index >= 15 is 0 Å². The van der Waals surface area contributed by atoms with Crippen LogP contribution in [0, 0.1) is 0 Å². The van der Waals surface area contributed by atoms with Gasteiger partial charge in [-0.3, -0.25) is 4.79 Å². The van der Waals surface area contributed by atoms with Crippen molar-refractivity contribution < 1.29 is 9.53 Å². The highest BCUT2D eigenvalue weighted by molar-refractivity contribution is 7.09. The maximum absolute atomic E-state index is 9.18. The number of hydrogen-bond acceptors (Lipinski definition) is 4. The number of carbonyl (C=O) groups excluding carboxylic acids is 1. The predicted octanol–water partition coefficient (Wildman–Crippen LogP) is 2.67. The van der Waals surface area contributed by atoms with Crippen LogP contribution in [0.3, 0.4) is 0 Å². The number of nitrogens with zero attached hydrogens (tertiary/aromatic N) is 1. The molecule has 80 valence electrons. The van der Waals surface area contributed by atoms with Crippen LogP contribution < -0.4 is 0 Å². The van der Waals surface area contributed by atoms with E-state index in [1.807, 2.05) is 11.6 Å². The third-order valence-electron chi connectivity index (χ3n) is 1.46. The van der Waals surface area contributed by atoms with Crippen molar-refractivity contribution in [3.05, 3.63) is 16.6 Å². The first kappa shape index (κ1) is 13.1. The molecule has 0 fully saturated rings. The van der Waals surface area contributed by atoms with E-state index in [0.717, 1.165) is 6.42 Å². The summed E-state index contributed by atoms with van der Waals surface area (Å²) in [5, 5.41) is 3.31. The Hall–Kier alpha value is -0.900. The van der Waals surface area contributed by atoms with Gasteiger partial charge in [0.25, 0.3) is 6.47 Å². The minimum atomic E-state index is 0.431. The van der Waals surface area contributed by atoms with Gasteiger partial charge in [-0.05, 0) is 19.8 Å². The Balaban J connectivity index is 0.000000292. The molecule has 0 saturated heterocycles. The molecule has 1 aromatic rings. The molecule has 0 N–H and O–H groups in total. The van der Waals surface area contributed by atoms with E-state index < -0.39 is 0 Å². The molecule has 0 amide bonds. The topological polar surface area (TPSA) is 39.2 Å². The van der Waals surface area contributed by atoms with Gasteiger partial charge in [-0.1, -0.05) is 13.3 Å². The maximum Gasteiger partial charge on any atom is 0.293 e. The molecule has 1 rings (SSSR count). The molecule has 1 heterocycles. The average molecular weight is 215 g/mol. The smallest absolute Gasteiger partial charge is 0.293 e. The van der Waals surface area contributed by atoms with Gasteiger partial charge >= 0.3 is 0 Å². The van der Waals surface area contributed by atoms with Crippen LogP contribution in [0.25, 0.3) is 0 Å². The SMILES string of the molecule is CCCCc1nccs1.CCOC=O. The maximum atomic E-state index is 9.18. The lowest BCUT2D eigenvalue weighted by Gasteiger charge is -1.89. The molecule has 14 heavy (non-hydrogen) atoms. The van der Waals surface area contributed by atoms with E-state index in [9.17, 15) is 4.79 Å². The monoisotopic (exact) mass is 215 g/mol. The van der Waals surface area contributed by atoms with Crippen LogP contribution in [0.15, 0.2) is 11.6 Å². The molecule has 3 nitrogen and oxygen atoms in total. The molecule has 0 unspecified atom stereocenters. The first-order chi connectivity index (χ1) is 6.85. The summed E-state index contributed by atoms with van der Waals surface area (Å²) in [6.07, 6.45) is 5.57. The van der Waals surface area contributed by atoms with Crippen LogP contribution >= 0.6 is 11.3 Å². The molecule has 0 aliphatic carbocycles. The summed E-state index contributed by atoms with van der Waals surface area (Å²) in [7, 11) is 0. The van der Waals surface area contributed by atoms with Crippen LogP contribution in [0.5, 0.6) is 0 Å². The standard InChI is InChI=1S/C7H11NS.C3H6O2/c1-2-3-4-7-8-5-6-9-7;1-2-5-3-4/h5-6H,2-4H2,1H3;3H,2H2,1H3. The fourth-order valence-electron chi connectivity index (χ4n) is 0.772. The molecule has 0 aliphatic rings. The minimum Gasteiger partial charge on any atom is -0.468 e. The lowest BCUT2D eigenvalue weighted by molar-refractivity contribution is -0.128. The number of thiazole rings is 1. The van der Waals surface area contributed by atoms with Crippen LogP contribution in [-0.4, -0.2) is 18.1 Å². The quantitative estimate of drug-likeness (QED) is 0.709. The van der Waals surface area contributed by atoms with Crippen molar-refractivity contribution >= 4 is 17.8 Å². The molecule has 4 heteroatoms. The number of hydrogen-bond donors (Lipinski definition) is 0. The van der Waals surface area contributed by atoms with Crippen molar-refractivity contribution in [2.75, 3.05) is 6.61 Å². The van der Waals surface area contributed by atoms with Crippen LogP contribution in [0.2, 0.25) is 0 Å². The van der Waals surface area contributed by atoms with Gasteiger partial charge in [-0.15, -0.1) is 11.3 Å². The third-order valence-corrected chi connectivity index (χ3v) is 2.30. The zero-order chi connectivity index (χ0) is 10.6. The van der Waals surface area contributed by atoms with Gasteiger partial charge < -0.3 is 4.74 Å². The first-order valence-corrected chi connectivity index (χ1v) is 5.66. The van der Waals surface area contributed by atoms with Crippen molar-refractivity contribution in [2.45, 2.75) is 33.1 Å². The van der Waals surface area contributed by atoms with Gasteiger partial charge in [0, 0.05) is 11.6 Å². The predicted molar refractivity (Wildman–Crippen MR) is 58.4 cm³/mol. The molecular weight excluding hydrogens is 198 g/mol. The normalized spacial score (nSPS) is 8.71. The lowest BCUT2D eigenvalue weighted by atomic mass is 10.3. The molecular formula is C10H17NO2S. The number of aryl methyl sites for hydroxylation is 1. The number of aromatic nitrogens is 1. The summed E-state index contributed by atoms with van der Waals surface area (Å²) in [6.45, 7) is 4.87. The fourth-order valence-corrected chi connectivity index (χ4v) is 1.44. The largest absolute Gasteiger partial charge is 0.468 e. The van der Waals surface area contributed by atoms with Crippen molar-refractivity contribution in [3.63, 3.8) is 0 Å². The van der Waals surface area contributed by atoms with E-state index in [1.54, 1.807) is 18.3 Å². The highest BCUT2D eigenvalue weighted by Gasteiger charge is 1.91. The third kappa shape index (κ3) is 7.73. The van der Waals surface area contributed by atoms with Gasteiger partial charge in [0.05, 0.1) is 11.6 Å². The Labute approximate surface area is 89.1 Å². The molecule has 0 bridgehead atoms. The van der Waals surface area contributed by atoms with Crippen LogP contribution in [-0.2, 0) is 16.0 Å². The molecule has 1 aromatic heterocycles. The van der Waals surface area contributed by atoms with Crippen molar-refractivity contribution in [3.8, 4) is 0 Å². The van der Waals surface area contributed by atoms with Crippen LogP contribution in [0.4, 0.5) is 0 Å². The lowest BCUT2D eigenvalue weighted by Crippen LogP contribution is -1.80. The van der Waals surface area contributed by atoms with Crippen molar-refractivity contribution in [2.24, 2.45) is 0 Å². The van der Waals surface area contributed by atoms with Gasteiger partial charge in [0.1, 0.15) is 0 Å². The zero-order valence-corrected chi connectivity index (χ0v) is 9.55. The summed E-state index contributed by atoms with van der Waals surface area (Å²) < 4.78 is 4.15. The Bertz CT molecular complexity index is 212. The Morgan fingerprint density at radius 3 is 2.71 bits per heavy atom. The summed E-state index contributed by atoms with van der Waals surface area (Å²) >= 11 is 1.75. The average Bonchev–Trinajstić information content (AvgIpc) is 2.69. The molecule has 0 aromatic carbocycles. The van der Waals surface area contributed by atoms with E-state index in [4.69, 9.17) is 0 Å². The second kappa shape index (κ2) is 10.2. The van der Waals surface area contributed by atoms with E-state index in [2.05, 4.69) is 16.6 Å². The van der Waals surface area contributed by atoms with E-state index in [-0.39, 0.29) is 0 Å². The highest BCUT2D eigenvalue weighted by Crippen LogP contribution is 2.07. The summed E-state index contributed by atoms with van der Waals surface area (Å²) in [6, 6.07) is 0. The van der Waals surface area contributed by atoms with Gasteiger partial charge in [-0.25, -0.2) is 4.98 Å². The number of unbranched alkanes of at least 4 members (excludes halogenated alkanes) is 1. The highest BCUT2D eigenvalue weighted by atomic mass is 32.1. The molecule has 0 atom stereocenters. The summed E-state index contributed by atoms with van der Waals surface area (Å²) in [5.74, 6) is 0. The zero-order valence-electron chi connectivity index (χ0n) is 8.73. The molecule has 0 aliphatic heterocycles. The van der Waals surface area contributed by atoms with Gasteiger partial charge in [0.2, 0.25) is 0 Å². The van der Waals surface area contributed by atoms with E-state index in [0.29, 0.717) is 13.1 Å². The second-order valence-electron chi connectivity index (χ2n) is 2.58. The van der Waals surface area contributed by atoms with Crippen molar-refractivity contribution in [1.29, 1.82) is 0 Å². The summed E-state index contributed by atoms with van der Waals surface area (Å²) in [4.78, 5) is 13.4. The first-order valence-electron chi connectivity index (χ1n) is 4.78. The fraction of sp³-hybridized carbons (Fsp3) is 0.600. The molecule has 0 saturated carbocycles. The second-order valence-corrected chi connectivity index (χ2v) is 3.56. The Morgan fingerprint density at radius 2 is 2.36 bits per heavy atom.